The first kappa shape index (κ1) is 19.2. The lowest BCUT2D eigenvalue weighted by Gasteiger charge is -1.97. The molecule has 0 N–H and O–H groups in total. The monoisotopic (exact) mass is 346 g/mol. The fourth-order valence-electron chi connectivity index (χ4n) is 2.22. The summed E-state index contributed by atoms with van der Waals surface area (Å²) in [4.78, 5) is 11.2. The molecule has 0 aliphatic heterocycles. The van der Waals surface area contributed by atoms with Gasteiger partial charge in [0.15, 0.2) is 0 Å². The molecule has 1 aromatic heterocycles. The largest absolute Gasteiger partial charge is 1.00 e. The molecule has 0 unspecified atom stereocenters. The Labute approximate surface area is 132 Å². The third-order valence-corrected chi connectivity index (χ3v) is 3.39. The van der Waals surface area contributed by atoms with Gasteiger partial charge >= 0.3 is 5.97 Å². The Hall–Kier alpha value is -0.840. The molecule has 5 heteroatoms. The van der Waals surface area contributed by atoms with Crippen LogP contribution in [0.25, 0.3) is 0 Å². The molecule has 0 atom stereocenters. The topological polar surface area (TPSA) is 35.1 Å². The average Bonchev–Trinajstić information content (AvgIpc) is 2.83. The minimum atomic E-state index is -0.140. The summed E-state index contributed by atoms with van der Waals surface area (Å²) >= 11 is 0. The number of aromatic nitrogens is 2. The number of hydrogen-bond acceptors (Lipinski definition) is 2. The van der Waals surface area contributed by atoms with Crippen molar-refractivity contribution in [3.05, 3.63) is 18.2 Å². The van der Waals surface area contributed by atoms with Gasteiger partial charge in [-0.3, -0.25) is 4.79 Å². The lowest BCUT2D eigenvalue weighted by atomic mass is 10.2. The zero-order chi connectivity index (χ0) is 14.1. The number of carbonyl (C=O) groups excluding carboxylic acids is 1. The molecule has 0 aliphatic carbocycles. The quantitative estimate of drug-likeness (QED) is 0.343. The highest BCUT2D eigenvalue weighted by Crippen LogP contribution is 2.04. The first-order valence-corrected chi connectivity index (χ1v) is 7.36. The van der Waals surface area contributed by atoms with Crippen molar-refractivity contribution in [1.29, 1.82) is 0 Å². The van der Waals surface area contributed by atoms with Crippen molar-refractivity contribution in [3.8, 4) is 0 Å². The summed E-state index contributed by atoms with van der Waals surface area (Å²) < 4.78 is 9.14. The molecule has 20 heavy (non-hydrogen) atoms. The lowest BCUT2D eigenvalue weighted by molar-refractivity contribution is -0.697. The molecule has 0 saturated heterocycles. The van der Waals surface area contributed by atoms with Gasteiger partial charge in [0.25, 0.3) is 0 Å². The first-order valence-electron chi connectivity index (χ1n) is 7.36. The summed E-state index contributed by atoms with van der Waals surface area (Å²) in [6.07, 6.45) is 10.6. The van der Waals surface area contributed by atoms with Crippen LogP contribution in [0, 0.1) is 0 Å². The zero-order valence-corrected chi connectivity index (χ0v) is 14.5. The Morgan fingerprint density at radius 2 is 2.05 bits per heavy atom. The number of unbranched alkanes of at least 4 members (excludes halogenated alkanes) is 3. The lowest BCUT2D eigenvalue weighted by Crippen LogP contribution is -3.00. The van der Waals surface area contributed by atoms with E-state index in [4.69, 9.17) is 0 Å². The van der Waals surface area contributed by atoms with Crippen LogP contribution in [0.15, 0.2) is 12.5 Å². The van der Waals surface area contributed by atoms with Crippen LogP contribution in [0.5, 0.6) is 0 Å². The number of aryl methyl sites for hydroxylation is 3. The number of imidazole rings is 1. The SMILES string of the molecule is CCCCCC[n+]1cc(CCC(=O)OC)n(CC)c1.[Br-]. The summed E-state index contributed by atoms with van der Waals surface area (Å²) in [6.45, 7) is 6.37. The standard InChI is InChI=1S/C15H27N2O2.BrH/c1-4-6-7-8-11-16-12-14(17(5-2)13-16)9-10-15(18)19-3;/h12-13H,4-11H2,1-3H3;1H/q+1;/p-1. The molecule has 0 bridgehead atoms. The van der Waals surface area contributed by atoms with Gasteiger partial charge < -0.3 is 21.7 Å². The molecular weight excluding hydrogens is 320 g/mol. The van der Waals surface area contributed by atoms with E-state index in [1.54, 1.807) is 0 Å². The highest BCUT2D eigenvalue weighted by molar-refractivity contribution is 5.69. The van der Waals surface area contributed by atoms with Crippen molar-refractivity contribution in [2.75, 3.05) is 7.11 Å². The summed E-state index contributed by atoms with van der Waals surface area (Å²) in [5.41, 5.74) is 1.21. The van der Waals surface area contributed by atoms with E-state index in [0.717, 1.165) is 19.5 Å². The van der Waals surface area contributed by atoms with E-state index in [1.807, 2.05) is 0 Å². The van der Waals surface area contributed by atoms with Crippen molar-refractivity contribution in [3.63, 3.8) is 0 Å². The molecule has 0 spiro atoms. The Kier molecular flexibility index (Phi) is 10.4. The van der Waals surface area contributed by atoms with Gasteiger partial charge in [-0.05, 0) is 19.8 Å². The third-order valence-electron chi connectivity index (χ3n) is 3.39. The maximum Gasteiger partial charge on any atom is 0.305 e. The van der Waals surface area contributed by atoms with E-state index in [2.05, 4.69) is 40.2 Å². The predicted molar refractivity (Wildman–Crippen MR) is 74.8 cm³/mol. The number of rotatable bonds is 9. The van der Waals surface area contributed by atoms with Crippen LogP contribution in [-0.2, 0) is 29.0 Å². The van der Waals surface area contributed by atoms with Gasteiger partial charge in [-0.2, -0.15) is 0 Å². The Morgan fingerprint density at radius 1 is 1.30 bits per heavy atom. The van der Waals surface area contributed by atoms with E-state index in [-0.39, 0.29) is 23.0 Å². The summed E-state index contributed by atoms with van der Waals surface area (Å²) in [5, 5.41) is 0. The van der Waals surface area contributed by atoms with Gasteiger partial charge in [0.05, 0.1) is 26.6 Å². The van der Waals surface area contributed by atoms with Gasteiger partial charge in [0.2, 0.25) is 6.33 Å². The predicted octanol–water partition coefficient (Wildman–Crippen LogP) is -0.515. The smallest absolute Gasteiger partial charge is 0.305 e. The Morgan fingerprint density at radius 3 is 2.65 bits per heavy atom. The molecule has 0 aliphatic rings. The highest BCUT2D eigenvalue weighted by Gasteiger charge is 2.13. The van der Waals surface area contributed by atoms with Gasteiger partial charge in [-0.15, -0.1) is 0 Å². The van der Waals surface area contributed by atoms with Crippen LogP contribution in [-0.4, -0.2) is 17.6 Å². The number of esters is 1. The van der Waals surface area contributed by atoms with Crippen LogP contribution < -0.4 is 21.5 Å². The fourth-order valence-corrected chi connectivity index (χ4v) is 2.22. The van der Waals surface area contributed by atoms with E-state index >= 15 is 0 Å². The number of halogens is 1. The van der Waals surface area contributed by atoms with Crippen LogP contribution in [0.4, 0.5) is 0 Å². The second-order valence-corrected chi connectivity index (χ2v) is 4.90. The summed E-state index contributed by atoms with van der Waals surface area (Å²) in [5.74, 6) is -0.140. The number of hydrogen-bond donors (Lipinski definition) is 0. The van der Waals surface area contributed by atoms with Crippen molar-refractivity contribution in [2.45, 2.75) is 65.5 Å². The third kappa shape index (κ3) is 6.55. The van der Waals surface area contributed by atoms with E-state index in [0.29, 0.717) is 6.42 Å². The van der Waals surface area contributed by atoms with Gasteiger partial charge in [0.1, 0.15) is 11.9 Å². The van der Waals surface area contributed by atoms with E-state index < -0.39 is 0 Å². The molecule has 1 aromatic rings. The summed E-state index contributed by atoms with van der Waals surface area (Å²) in [6, 6.07) is 0. The average molecular weight is 347 g/mol. The van der Waals surface area contributed by atoms with Crippen LogP contribution in [0.3, 0.4) is 0 Å². The maximum absolute atomic E-state index is 11.2. The van der Waals surface area contributed by atoms with Gasteiger partial charge in [-0.1, -0.05) is 19.8 Å². The molecule has 4 nitrogen and oxygen atoms in total. The van der Waals surface area contributed by atoms with E-state index in [1.165, 1.54) is 38.5 Å². The number of ether oxygens (including phenoxy) is 1. The molecule has 0 aromatic carbocycles. The molecular formula is C15H27BrN2O2. The summed E-state index contributed by atoms with van der Waals surface area (Å²) in [7, 11) is 1.44. The first-order chi connectivity index (χ1) is 9.21. The van der Waals surface area contributed by atoms with Crippen LogP contribution in [0.1, 0.15) is 51.6 Å². The van der Waals surface area contributed by atoms with Crippen molar-refractivity contribution < 1.29 is 31.1 Å². The molecule has 1 rings (SSSR count). The van der Waals surface area contributed by atoms with Gasteiger partial charge in [-0.25, -0.2) is 9.13 Å². The van der Waals surface area contributed by atoms with Crippen molar-refractivity contribution in [1.82, 2.24) is 4.57 Å². The minimum Gasteiger partial charge on any atom is -1.00 e. The maximum atomic E-state index is 11.2. The number of methoxy groups -OCH3 is 1. The number of nitrogens with zero attached hydrogens (tertiary/aromatic N) is 2. The minimum absolute atomic E-state index is 0. The molecule has 116 valence electrons. The molecule has 0 amide bonds. The zero-order valence-electron chi connectivity index (χ0n) is 12.9. The molecule has 0 radical (unpaired) electrons. The highest BCUT2D eigenvalue weighted by atomic mass is 79.9. The van der Waals surface area contributed by atoms with Crippen molar-refractivity contribution >= 4 is 5.97 Å². The Bertz CT molecular complexity index is 391. The normalized spacial score (nSPS) is 10.2. The van der Waals surface area contributed by atoms with Crippen molar-refractivity contribution in [2.24, 2.45) is 0 Å². The molecule has 1 heterocycles. The fraction of sp³-hybridized carbons (Fsp3) is 0.733. The van der Waals surface area contributed by atoms with Crippen LogP contribution in [0.2, 0.25) is 0 Å². The van der Waals surface area contributed by atoms with Crippen LogP contribution >= 0.6 is 0 Å². The molecule has 0 fully saturated rings. The number of carbonyl (C=O) groups is 1. The second-order valence-electron chi connectivity index (χ2n) is 4.90. The van der Waals surface area contributed by atoms with Gasteiger partial charge in [0, 0.05) is 6.42 Å². The Balaban J connectivity index is 0.00000361. The molecule has 0 saturated carbocycles. The van der Waals surface area contributed by atoms with E-state index in [9.17, 15) is 4.79 Å². The second kappa shape index (κ2) is 10.9.